The van der Waals surface area contributed by atoms with Crippen LogP contribution in [-0.4, -0.2) is 56.2 Å². The SMILES string of the molecule is NC1(CF)CCN(C2CCS(=O)(=O)CC2)CC1. The molecule has 0 aromatic heterocycles. The second-order valence-electron chi connectivity index (χ2n) is 5.41. The van der Waals surface area contributed by atoms with Crippen LogP contribution < -0.4 is 5.73 Å². The number of hydrogen-bond acceptors (Lipinski definition) is 4. The zero-order valence-corrected chi connectivity index (χ0v) is 10.9. The van der Waals surface area contributed by atoms with E-state index in [2.05, 4.69) is 4.90 Å². The Labute approximate surface area is 102 Å². The van der Waals surface area contributed by atoms with E-state index >= 15 is 0 Å². The monoisotopic (exact) mass is 264 g/mol. The van der Waals surface area contributed by atoms with Crippen molar-refractivity contribution in [1.82, 2.24) is 4.90 Å². The molecular formula is C11H21FN2O2S. The number of hydrogen-bond donors (Lipinski definition) is 1. The van der Waals surface area contributed by atoms with E-state index < -0.39 is 22.1 Å². The first kappa shape index (κ1) is 13.2. The summed E-state index contributed by atoms with van der Waals surface area (Å²) in [5, 5.41) is 0. The zero-order valence-electron chi connectivity index (χ0n) is 10.1. The number of rotatable bonds is 2. The van der Waals surface area contributed by atoms with E-state index in [1.54, 1.807) is 0 Å². The number of piperidine rings is 1. The molecule has 0 atom stereocenters. The van der Waals surface area contributed by atoms with Gasteiger partial charge in [-0.05, 0) is 25.7 Å². The number of nitrogens with two attached hydrogens (primary N) is 1. The first-order valence-electron chi connectivity index (χ1n) is 6.23. The van der Waals surface area contributed by atoms with Gasteiger partial charge in [0.1, 0.15) is 16.5 Å². The first-order chi connectivity index (χ1) is 7.94. The van der Waals surface area contributed by atoms with E-state index in [1.807, 2.05) is 0 Å². The van der Waals surface area contributed by atoms with Crippen LogP contribution >= 0.6 is 0 Å². The highest BCUT2D eigenvalue weighted by atomic mass is 32.2. The summed E-state index contributed by atoms with van der Waals surface area (Å²) < 4.78 is 35.4. The molecule has 2 N–H and O–H groups in total. The summed E-state index contributed by atoms with van der Waals surface area (Å²) in [5.41, 5.74) is 5.25. The minimum Gasteiger partial charge on any atom is -0.323 e. The average molecular weight is 264 g/mol. The van der Waals surface area contributed by atoms with E-state index in [4.69, 9.17) is 5.73 Å². The number of halogens is 1. The van der Waals surface area contributed by atoms with E-state index in [0.717, 1.165) is 25.9 Å². The molecule has 0 spiro atoms. The third-order valence-corrected chi connectivity index (χ3v) is 5.82. The van der Waals surface area contributed by atoms with Crippen molar-refractivity contribution in [2.24, 2.45) is 5.73 Å². The van der Waals surface area contributed by atoms with Crippen molar-refractivity contribution in [3.63, 3.8) is 0 Å². The summed E-state index contributed by atoms with van der Waals surface area (Å²) in [6.45, 7) is 1.14. The van der Waals surface area contributed by atoms with Gasteiger partial charge in [0.05, 0.1) is 11.5 Å². The van der Waals surface area contributed by atoms with Crippen molar-refractivity contribution in [3.8, 4) is 0 Å². The summed E-state index contributed by atoms with van der Waals surface area (Å²) in [6.07, 6.45) is 2.78. The Morgan fingerprint density at radius 1 is 1.24 bits per heavy atom. The van der Waals surface area contributed by atoms with Crippen molar-refractivity contribution in [2.45, 2.75) is 37.3 Å². The van der Waals surface area contributed by atoms with Crippen molar-refractivity contribution < 1.29 is 12.8 Å². The Balaban J connectivity index is 1.86. The van der Waals surface area contributed by atoms with Crippen LogP contribution in [0.4, 0.5) is 4.39 Å². The molecule has 17 heavy (non-hydrogen) atoms. The van der Waals surface area contributed by atoms with Crippen LogP contribution in [0.25, 0.3) is 0 Å². The molecule has 2 aliphatic heterocycles. The molecule has 2 saturated heterocycles. The summed E-state index contributed by atoms with van der Waals surface area (Å²) in [7, 11) is -2.79. The summed E-state index contributed by atoms with van der Waals surface area (Å²) in [4.78, 5) is 2.29. The van der Waals surface area contributed by atoms with E-state index in [0.29, 0.717) is 30.4 Å². The first-order valence-corrected chi connectivity index (χ1v) is 8.06. The molecule has 0 aliphatic carbocycles. The molecule has 2 rings (SSSR count). The van der Waals surface area contributed by atoms with Gasteiger partial charge in [-0.2, -0.15) is 0 Å². The molecular weight excluding hydrogens is 243 g/mol. The highest BCUT2D eigenvalue weighted by Crippen LogP contribution is 2.26. The van der Waals surface area contributed by atoms with Gasteiger partial charge in [0, 0.05) is 24.7 Å². The van der Waals surface area contributed by atoms with Crippen LogP contribution in [0.1, 0.15) is 25.7 Å². The third kappa shape index (κ3) is 3.17. The van der Waals surface area contributed by atoms with Crippen LogP contribution in [0.2, 0.25) is 0 Å². The second-order valence-corrected chi connectivity index (χ2v) is 7.72. The lowest BCUT2D eigenvalue weighted by molar-refractivity contribution is 0.0976. The lowest BCUT2D eigenvalue weighted by Gasteiger charge is -2.42. The Morgan fingerprint density at radius 2 is 1.76 bits per heavy atom. The second kappa shape index (κ2) is 4.82. The normalized spacial score (nSPS) is 30.2. The highest BCUT2D eigenvalue weighted by Gasteiger charge is 2.35. The fraction of sp³-hybridized carbons (Fsp3) is 1.00. The van der Waals surface area contributed by atoms with Gasteiger partial charge in [-0.3, -0.25) is 0 Å². The molecule has 0 amide bonds. The van der Waals surface area contributed by atoms with Crippen molar-refractivity contribution in [3.05, 3.63) is 0 Å². The lowest BCUT2D eigenvalue weighted by atomic mass is 9.89. The zero-order chi connectivity index (χ0) is 12.5. The Kier molecular flexibility index (Phi) is 3.75. The molecule has 0 aromatic rings. The number of likely N-dealkylation sites (tertiary alicyclic amines) is 1. The predicted molar refractivity (Wildman–Crippen MR) is 65.4 cm³/mol. The largest absolute Gasteiger partial charge is 0.323 e. The molecule has 100 valence electrons. The molecule has 0 saturated carbocycles. The Bertz CT molecular complexity index is 350. The molecule has 2 aliphatic rings. The van der Waals surface area contributed by atoms with Crippen LogP contribution in [0.3, 0.4) is 0 Å². The van der Waals surface area contributed by atoms with Gasteiger partial charge in [0.15, 0.2) is 0 Å². The predicted octanol–water partition coefficient (Wildman–Crippen LogP) is 0.326. The minimum absolute atomic E-state index is 0.297. The Morgan fingerprint density at radius 3 is 2.24 bits per heavy atom. The molecule has 6 heteroatoms. The van der Waals surface area contributed by atoms with E-state index in [9.17, 15) is 12.8 Å². The average Bonchev–Trinajstić information content (AvgIpc) is 2.31. The van der Waals surface area contributed by atoms with Crippen molar-refractivity contribution >= 4 is 9.84 Å². The highest BCUT2D eigenvalue weighted by molar-refractivity contribution is 7.91. The van der Waals surface area contributed by atoms with Gasteiger partial charge in [-0.1, -0.05) is 0 Å². The van der Waals surface area contributed by atoms with Gasteiger partial charge in [0.2, 0.25) is 0 Å². The van der Waals surface area contributed by atoms with E-state index in [1.165, 1.54) is 0 Å². The van der Waals surface area contributed by atoms with Crippen LogP contribution in [0, 0.1) is 0 Å². The fourth-order valence-corrected chi connectivity index (χ4v) is 4.18. The van der Waals surface area contributed by atoms with Gasteiger partial charge >= 0.3 is 0 Å². The standard InChI is InChI=1S/C11H21FN2O2S/c12-9-11(13)3-5-14(6-4-11)10-1-7-17(15,16)8-2-10/h10H,1-9,13H2. The third-order valence-electron chi connectivity index (χ3n) is 4.10. The molecule has 4 nitrogen and oxygen atoms in total. The fourth-order valence-electron chi connectivity index (χ4n) is 2.71. The quantitative estimate of drug-likeness (QED) is 0.780. The van der Waals surface area contributed by atoms with Crippen LogP contribution in [0.15, 0.2) is 0 Å². The van der Waals surface area contributed by atoms with Crippen molar-refractivity contribution in [2.75, 3.05) is 31.3 Å². The number of alkyl halides is 1. The Hall–Kier alpha value is -0.200. The maximum absolute atomic E-state index is 12.7. The van der Waals surface area contributed by atoms with Gasteiger partial charge in [-0.15, -0.1) is 0 Å². The van der Waals surface area contributed by atoms with Gasteiger partial charge in [-0.25, -0.2) is 12.8 Å². The van der Waals surface area contributed by atoms with Crippen LogP contribution in [-0.2, 0) is 9.84 Å². The topological polar surface area (TPSA) is 63.4 Å². The number of nitrogens with zero attached hydrogens (tertiary/aromatic N) is 1. The summed E-state index contributed by atoms with van der Waals surface area (Å²) in [5.74, 6) is 0.593. The maximum atomic E-state index is 12.7. The molecule has 0 unspecified atom stereocenters. The minimum atomic E-state index is -2.79. The molecule has 2 fully saturated rings. The lowest BCUT2D eigenvalue weighted by Crippen LogP contribution is -2.55. The molecule has 0 radical (unpaired) electrons. The van der Waals surface area contributed by atoms with Gasteiger partial charge < -0.3 is 10.6 Å². The number of sulfone groups is 1. The van der Waals surface area contributed by atoms with Crippen LogP contribution in [0.5, 0.6) is 0 Å². The molecule has 2 heterocycles. The summed E-state index contributed by atoms with van der Waals surface area (Å²) >= 11 is 0. The van der Waals surface area contributed by atoms with E-state index in [-0.39, 0.29) is 0 Å². The smallest absolute Gasteiger partial charge is 0.150 e. The summed E-state index contributed by atoms with van der Waals surface area (Å²) in [6, 6.07) is 0.350. The molecule has 0 bridgehead atoms. The molecule has 0 aromatic carbocycles. The van der Waals surface area contributed by atoms with Crippen molar-refractivity contribution in [1.29, 1.82) is 0 Å². The maximum Gasteiger partial charge on any atom is 0.150 e. The van der Waals surface area contributed by atoms with Gasteiger partial charge in [0.25, 0.3) is 0 Å².